The number of nitrogens with one attached hydrogen (secondary N) is 1. The Balaban J connectivity index is 0.00000338. The molecule has 1 aromatic carbocycles. The lowest BCUT2D eigenvalue weighted by Gasteiger charge is -2.22. The molecule has 142 valence electrons. The van der Waals surface area contributed by atoms with Crippen molar-refractivity contribution in [3.8, 4) is 11.5 Å². The lowest BCUT2D eigenvalue weighted by Crippen LogP contribution is -2.40. The molecule has 0 aliphatic heterocycles. The van der Waals surface area contributed by atoms with Crippen molar-refractivity contribution < 1.29 is 13.9 Å². The van der Waals surface area contributed by atoms with Gasteiger partial charge in [0, 0.05) is 26.8 Å². The summed E-state index contributed by atoms with van der Waals surface area (Å²) in [5, 5.41) is 3.21. The summed E-state index contributed by atoms with van der Waals surface area (Å²) in [5.74, 6) is 1.29. The zero-order valence-corrected chi connectivity index (χ0v) is 17.4. The predicted octanol–water partition coefficient (Wildman–Crippen LogP) is 2.93. The Morgan fingerprint density at radius 3 is 2.77 bits per heavy atom. The minimum Gasteiger partial charge on any atom is -0.494 e. The number of hydrogen-bond donors (Lipinski definition) is 1. The highest BCUT2D eigenvalue weighted by Gasteiger charge is 2.09. The zero-order valence-electron chi connectivity index (χ0n) is 15.1. The second-order valence-electron chi connectivity index (χ2n) is 5.34. The first-order chi connectivity index (χ1) is 12.1. The molecule has 1 heterocycles. The van der Waals surface area contributed by atoms with E-state index >= 15 is 0 Å². The average Bonchev–Trinajstić information content (AvgIpc) is 2.62. The Kier molecular flexibility index (Phi) is 9.71. The number of pyridine rings is 1. The molecule has 0 radical (unpaired) electrons. The van der Waals surface area contributed by atoms with E-state index in [1.807, 2.05) is 30.1 Å². The molecular weight excluding hydrogens is 450 g/mol. The number of nitrogens with zero attached hydrogens (tertiary/aromatic N) is 3. The molecule has 2 aromatic rings. The molecule has 8 heteroatoms. The lowest BCUT2D eigenvalue weighted by molar-refractivity contribution is 0.318. The van der Waals surface area contributed by atoms with E-state index in [-0.39, 0.29) is 35.5 Å². The van der Waals surface area contributed by atoms with Gasteiger partial charge in [0.25, 0.3) is 0 Å². The summed E-state index contributed by atoms with van der Waals surface area (Å²) in [6.07, 6.45) is 3.36. The summed E-state index contributed by atoms with van der Waals surface area (Å²) in [6, 6.07) is 8.59. The van der Waals surface area contributed by atoms with E-state index in [0.29, 0.717) is 25.7 Å². The van der Waals surface area contributed by atoms with Gasteiger partial charge < -0.3 is 19.7 Å². The van der Waals surface area contributed by atoms with Gasteiger partial charge in [-0.15, -0.1) is 24.0 Å². The molecule has 6 nitrogen and oxygen atoms in total. The van der Waals surface area contributed by atoms with E-state index in [1.165, 1.54) is 13.2 Å². The van der Waals surface area contributed by atoms with Crippen molar-refractivity contribution in [2.75, 3.05) is 34.4 Å². The van der Waals surface area contributed by atoms with E-state index in [1.54, 1.807) is 25.5 Å². The van der Waals surface area contributed by atoms with Crippen LogP contribution in [0, 0.1) is 5.82 Å². The molecule has 0 spiro atoms. The summed E-state index contributed by atoms with van der Waals surface area (Å²) >= 11 is 0. The van der Waals surface area contributed by atoms with Crippen LogP contribution in [0.2, 0.25) is 0 Å². The number of aliphatic imine (C=N–C) groups is 1. The maximum Gasteiger partial charge on any atom is 0.193 e. The standard InChI is InChI=1S/C18H23FN4O2.HI/c1-20-18(22-9-10-25-15-5-4-8-21-12-15)23(2)13-14-6-7-17(24-3)16(19)11-14;/h4-8,11-12H,9-10,13H2,1-3H3,(H,20,22);1H. The monoisotopic (exact) mass is 474 g/mol. The molecule has 0 saturated heterocycles. The summed E-state index contributed by atoms with van der Waals surface area (Å²) in [6.45, 7) is 1.59. The zero-order chi connectivity index (χ0) is 18.1. The van der Waals surface area contributed by atoms with Gasteiger partial charge in [0.05, 0.1) is 19.9 Å². The van der Waals surface area contributed by atoms with Crippen LogP contribution in [0.5, 0.6) is 11.5 Å². The Bertz CT molecular complexity index is 701. The molecule has 0 aliphatic carbocycles. The van der Waals surface area contributed by atoms with Crippen molar-refractivity contribution in [2.24, 2.45) is 4.99 Å². The third-order valence-corrected chi connectivity index (χ3v) is 3.50. The molecule has 0 bridgehead atoms. The van der Waals surface area contributed by atoms with Crippen LogP contribution in [0.3, 0.4) is 0 Å². The fraction of sp³-hybridized carbons (Fsp3) is 0.333. The second-order valence-corrected chi connectivity index (χ2v) is 5.34. The third kappa shape index (κ3) is 6.66. The first-order valence-corrected chi connectivity index (χ1v) is 7.91. The van der Waals surface area contributed by atoms with Crippen molar-refractivity contribution in [3.05, 3.63) is 54.1 Å². The van der Waals surface area contributed by atoms with Crippen molar-refractivity contribution >= 4 is 29.9 Å². The number of aromatic nitrogens is 1. The highest BCUT2D eigenvalue weighted by atomic mass is 127. The molecule has 0 fully saturated rings. The van der Waals surface area contributed by atoms with Gasteiger partial charge in [0.15, 0.2) is 17.5 Å². The van der Waals surface area contributed by atoms with Crippen LogP contribution in [0.4, 0.5) is 4.39 Å². The smallest absolute Gasteiger partial charge is 0.193 e. The number of halogens is 2. The van der Waals surface area contributed by atoms with Crippen LogP contribution < -0.4 is 14.8 Å². The second kappa shape index (κ2) is 11.5. The maximum atomic E-state index is 13.8. The van der Waals surface area contributed by atoms with Gasteiger partial charge in [-0.1, -0.05) is 6.07 Å². The van der Waals surface area contributed by atoms with Crippen molar-refractivity contribution in [1.29, 1.82) is 0 Å². The van der Waals surface area contributed by atoms with E-state index in [0.717, 1.165) is 11.3 Å². The Labute approximate surface area is 170 Å². The number of benzene rings is 1. The quantitative estimate of drug-likeness (QED) is 0.290. The molecule has 1 aromatic heterocycles. The number of rotatable bonds is 7. The van der Waals surface area contributed by atoms with Crippen LogP contribution in [-0.2, 0) is 6.54 Å². The molecule has 0 unspecified atom stereocenters. The van der Waals surface area contributed by atoms with Gasteiger partial charge in [-0.25, -0.2) is 4.39 Å². The Morgan fingerprint density at radius 1 is 1.35 bits per heavy atom. The first-order valence-electron chi connectivity index (χ1n) is 7.91. The minimum atomic E-state index is -0.374. The van der Waals surface area contributed by atoms with Crippen molar-refractivity contribution in [2.45, 2.75) is 6.54 Å². The molecule has 26 heavy (non-hydrogen) atoms. The molecule has 0 atom stereocenters. The fourth-order valence-electron chi connectivity index (χ4n) is 2.31. The van der Waals surface area contributed by atoms with Crippen LogP contribution in [0.1, 0.15) is 5.56 Å². The average molecular weight is 474 g/mol. The summed E-state index contributed by atoms with van der Waals surface area (Å²) < 4.78 is 24.3. The van der Waals surface area contributed by atoms with E-state index in [9.17, 15) is 4.39 Å². The van der Waals surface area contributed by atoms with E-state index < -0.39 is 0 Å². The molecule has 0 amide bonds. The Hall–Kier alpha value is -2.10. The molecule has 0 saturated carbocycles. The Morgan fingerprint density at radius 2 is 2.15 bits per heavy atom. The first kappa shape index (κ1) is 21.9. The number of methoxy groups -OCH3 is 1. The number of ether oxygens (including phenoxy) is 2. The van der Waals surface area contributed by atoms with Crippen LogP contribution in [-0.4, -0.2) is 50.2 Å². The van der Waals surface area contributed by atoms with Gasteiger partial charge >= 0.3 is 0 Å². The molecule has 0 aliphatic rings. The highest BCUT2D eigenvalue weighted by molar-refractivity contribution is 14.0. The number of guanidine groups is 1. The van der Waals surface area contributed by atoms with E-state index in [2.05, 4.69) is 15.3 Å². The fourth-order valence-corrected chi connectivity index (χ4v) is 2.31. The van der Waals surface area contributed by atoms with Crippen LogP contribution in [0.15, 0.2) is 47.7 Å². The topological polar surface area (TPSA) is 59.0 Å². The number of hydrogen-bond acceptors (Lipinski definition) is 4. The SMILES string of the molecule is CN=C(NCCOc1cccnc1)N(C)Cc1ccc(OC)c(F)c1.I. The molecule has 1 N–H and O–H groups in total. The highest BCUT2D eigenvalue weighted by Crippen LogP contribution is 2.18. The maximum absolute atomic E-state index is 13.8. The lowest BCUT2D eigenvalue weighted by atomic mass is 10.2. The van der Waals surface area contributed by atoms with Crippen molar-refractivity contribution in [3.63, 3.8) is 0 Å². The van der Waals surface area contributed by atoms with E-state index in [4.69, 9.17) is 9.47 Å². The molecular formula is C18H24FIN4O2. The summed E-state index contributed by atoms with van der Waals surface area (Å²) in [4.78, 5) is 10.1. The van der Waals surface area contributed by atoms with Gasteiger partial charge in [-0.2, -0.15) is 0 Å². The summed E-state index contributed by atoms with van der Waals surface area (Å²) in [5.41, 5.74) is 0.829. The van der Waals surface area contributed by atoms with Crippen LogP contribution >= 0.6 is 24.0 Å². The summed E-state index contributed by atoms with van der Waals surface area (Å²) in [7, 11) is 5.04. The van der Waals surface area contributed by atoms with Gasteiger partial charge in [-0.05, 0) is 29.8 Å². The third-order valence-electron chi connectivity index (χ3n) is 3.50. The largest absolute Gasteiger partial charge is 0.494 e. The van der Waals surface area contributed by atoms with Gasteiger partial charge in [0.1, 0.15) is 12.4 Å². The van der Waals surface area contributed by atoms with Crippen molar-refractivity contribution in [1.82, 2.24) is 15.2 Å². The molecule has 2 rings (SSSR count). The van der Waals surface area contributed by atoms with Crippen LogP contribution in [0.25, 0.3) is 0 Å². The van der Waals surface area contributed by atoms with Gasteiger partial charge in [0.2, 0.25) is 0 Å². The normalized spacial score (nSPS) is 10.7. The van der Waals surface area contributed by atoms with Gasteiger partial charge in [-0.3, -0.25) is 9.98 Å². The predicted molar refractivity (Wildman–Crippen MR) is 111 cm³/mol. The minimum absolute atomic E-state index is 0.